The SMILES string of the molecule is C=C=C(C[C@@H](CC(C)C)C(=O)/C=C/CC[C@]1(C[C@H](C)C#N)C(=O)Nc2ccccc21)[C@@H](NC(=O)c1c(F)cccc1F)C(C)C.[HH].[HH]. The first-order valence-corrected chi connectivity index (χ1v) is 15.5. The van der Waals surface area contributed by atoms with E-state index in [-0.39, 0.29) is 38.7 Å². The molecular weight excluding hydrogens is 572 g/mol. The van der Waals surface area contributed by atoms with E-state index in [1.54, 1.807) is 19.1 Å². The van der Waals surface area contributed by atoms with Gasteiger partial charge in [-0.15, -0.1) is 5.73 Å². The summed E-state index contributed by atoms with van der Waals surface area (Å²) in [5.74, 6) is -3.83. The van der Waals surface area contributed by atoms with Gasteiger partial charge in [-0.3, -0.25) is 14.4 Å². The van der Waals surface area contributed by atoms with Crippen molar-refractivity contribution in [2.45, 2.75) is 78.2 Å². The fourth-order valence-corrected chi connectivity index (χ4v) is 6.19. The molecule has 0 saturated carbocycles. The Labute approximate surface area is 268 Å². The molecular formula is C37H47F2N3O3. The van der Waals surface area contributed by atoms with E-state index in [1.807, 2.05) is 52.0 Å². The van der Waals surface area contributed by atoms with Crippen LogP contribution in [0.15, 0.2) is 72.5 Å². The molecule has 0 fully saturated rings. The van der Waals surface area contributed by atoms with Gasteiger partial charge < -0.3 is 10.6 Å². The third-order valence-corrected chi connectivity index (χ3v) is 8.39. The minimum atomic E-state index is -0.959. The molecule has 0 bridgehead atoms. The number of benzene rings is 2. The van der Waals surface area contributed by atoms with E-state index in [4.69, 9.17) is 0 Å². The van der Waals surface area contributed by atoms with Crippen LogP contribution in [0, 0.1) is 46.6 Å². The van der Waals surface area contributed by atoms with Crippen molar-refractivity contribution in [2.75, 3.05) is 5.32 Å². The molecule has 4 atom stereocenters. The van der Waals surface area contributed by atoms with Gasteiger partial charge in [-0.2, -0.15) is 5.26 Å². The average molecular weight is 620 g/mol. The number of anilines is 1. The van der Waals surface area contributed by atoms with Crippen molar-refractivity contribution in [3.63, 3.8) is 0 Å². The Morgan fingerprint density at radius 2 is 1.76 bits per heavy atom. The average Bonchev–Trinajstić information content (AvgIpc) is 3.26. The quantitative estimate of drug-likeness (QED) is 0.155. The lowest BCUT2D eigenvalue weighted by Crippen LogP contribution is -2.41. The van der Waals surface area contributed by atoms with Gasteiger partial charge in [0.05, 0.1) is 17.5 Å². The Bertz CT molecular complexity index is 1530. The Morgan fingerprint density at radius 1 is 1.09 bits per heavy atom. The maximum absolute atomic E-state index is 14.3. The molecule has 2 N–H and O–H groups in total. The topological polar surface area (TPSA) is 99.1 Å². The summed E-state index contributed by atoms with van der Waals surface area (Å²) in [6, 6.07) is 12.4. The van der Waals surface area contributed by atoms with Crippen LogP contribution in [0.25, 0.3) is 0 Å². The number of hydrogen-bond donors (Lipinski definition) is 2. The molecule has 2 aromatic rings. The van der Waals surface area contributed by atoms with Crippen LogP contribution in [-0.2, 0) is 15.0 Å². The van der Waals surface area contributed by atoms with Crippen molar-refractivity contribution in [1.82, 2.24) is 5.32 Å². The Kier molecular flexibility index (Phi) is 12.2. The molecule has 2 aromatic carbocycles. The molecule has 6 nitrogen and oxygen atoms in total. The molecule has 0 unspecified atom stereocenters. The number of para-hydroxylation sites is 1. The van der Waals surface area contributed by atoms with E-state index in [1.165, 1.54) is 6.07 Å². The maximum Gasteiger partial charge on any atom is 0.257 e. The molecule has 3 rings (SSSR count). The summed E-state index contributed by atoms with van der Waals surface area (Å²) in [4.78, 5) is 39.7. The highest BCUT2D eigenvalue weighted by Gasteiger charge is 2.46. The minimum absolute atomic E-state index is 0. The van der Waals surface area contributed by atoms with E-state index in [0.717, 1.165) is 23.4 Å². The molecule has 0 spiro atoms. The van der Waals surface area contributed by atoms with Crippen LogP contribution >= 0.6 is 0 Å². The zero-order valence-corrected chi connectivity index (χ0v) is 26.8. The summed E-state index contributed by atoms with van der Waals surface area (Å²) in [6.45, 7) is 13.4. The lowest BCUT2D eigenvalue weighted by Gasteiger charge is -2.28. The zero-order chi connectivity index (χ0) is 33.3. The lowest BCUT2D eigenvalue weighted by atomic mass is 9.72. The first-order valence-electron chi connectivity index (χ1n) is 15.5. The zero-order valence-electron chi connectivity index (χ0n) is 26.8. The highest BCUT2D eigenvalue weighted by atomic mass is 19.1. The number of ketones is 1. The number of nitrogens with one attached hydrogen (secondary N) is 2. The van der Waals surface area contributed by atoms with E-state index >= 15 is 0 Å². The van der Waals surface area contributed by atoms with Crippen molar-refractivity contribution in [3.05, 3.63) is 95.3 Å². The molecule has 0 saturated heterocycles. The number of nitrogens with zero attached hydrogens (tertiary/aromatic N) is 1. The van der Waals surface area contributed by atoms with E-state index < -0.39 is 40.5 Å². The molecule has 1 aliphatic heterocycles. The van der Waals surface area contributed by atoms with Crippen LogP contribution < -0.4 is 10.6 Å². The Morgan fingerprint density at radius 3 is 2.36 bits per heavy atom. The van der Waals surface area contributed by atoms with E-state index in [9.17, 15) is 28.4 Å². The van der Waals surface area contributed by atoms with E-state index in [2.05, 4.69) is 29.0 Å². The van der Waals surface area contributed by atoms with Gasteiger partial charge in [-0.05, 0) is 86.3 Å². The molecule has 2 amide bonds. The van der Waals surface area contributed by atoms with Gasteiger partial charge in [-0.25, -0.2) is 8.78 Å². The van der Waals surface area contributed by atoms with Crippen molar-refractivity contribution in [3.8, 4) is 6.07 Å². The van der Waals surface area contributed by atoms with Gasteiger partial charge in [-0.1, -0.05) is 64.6 Å². The van der Waals surface area contributed by atoms with Crippen molar-refractivity contribution < 1.29 is 26.0 Å². The second kappa shape index (κ2) is 15.6. The molecule has 45 heavy (non-hydrogen) atoms. The van der Waals surface area contributed by atoms with Crippen LogP contribution in [-0.4, -0.2) is 23.6 Å². The van der Waals surface area contributed by atoms with Crippen LogP contribution in [0.3, 0.4) is 0 Å². The number of amides is 2. The summed E-state index contributed by atoms with van der Waals surface area (Å²) < 4.78 is 28.6. The first kappa shape index (κ1) is 35.1. The summed E-state index contributed by atoms with van der Waals surface area (Å²) in [7, 11) is 0. The predicted molar refractivity (Wildman–Crippen MR) is 176 cm³/mol. The normalized spacial score (nSPS) is 17.7. The number of fused-ring (bicyclic) bond motifs is 1. The molecule has 242 valence electrons. The third-order valence-electron chi connectivity index (χ3n) is 8.39. The number of carbonyl (C=O) groups is 3. The number of allylic oxidation sites excluding steroid dienone is 2. The minimum Gasteiger partial charge on any atom is -0.344 e. The molecule has 0 aliphatic carbocycles. The van der Waals surface area contributed by atoms with Crippen molar-refractivity contribution in [2.24, 2.45) is 23.7 Å². The summed E-state index contributed by atoms with van der Waals surface area (Å²) in [5, 5.41) is 15.2. The van der Waals surface area contributed by atoms with Gasteiger partial charge in [0.15, 0.2) is 5.78 Å². The Balaban J connectivity index is 0.00000552. The standard InChI is InChI=1S/C37H43F2N3O3.2H2/c1-7-26(34(24(4)5)42-35(44)33-29(38)14-12-15-30(33)39)20-27(19-23(2)3)32(43)17-10-11-18-37(21-25(6)22-40)28-13-8-9-16-31(28)41-36(37)45;;/h8-10,12-17,23-25,27,34H,1,11,18-21H2,2-6H3,(H,41,45)(H,42,44);2*1H/b17-10+;;/t25-,27+,34-,37+;;/m0../s1. The number of nitriles is 1. The molecule has 0 radical (unpaired) electrons. The fraction of sp³-hybridized carbons (Fsp3) is 0.432. The number of carbonyl (C=O) groups excluding carboxylic acids is 3. The van der Waals surface area contributed by atoms with Gasteiger partial charge in [0.1, 0.15) is 17.2 Å². The van der Waals surface area contributed by atoms with Crippen LogP contribution in [0.5, 0.6) is 0 Å². The molecule has 1 aliphatic rings. The number of rotatable bonds is 15. The van der Waals surface area contributed by atoms with Crippen LogP contribution in [0.2, 0.25) is 0 Å². The lowest BCUT2D eigenvalue weighted by molar-refractivity contribution is -0.121. The van der Waals surface area contributed by atoms with Crippen LogP contribution in [0.1, 0.15) is 85.5 Å². The first-order chi connectivity index (χ1) is 21.3. The summed E-state index contributed by atoms with van der Waals surface area (Å²) in [5.41, 5.74) is 3.56. The van der Waals surface area contributed by atoms with Gasteiger partial charge in [0.25, 0.3) is 5.91 Å². The number of halogens is 2. The smallest absolute Gasteiger partial charge is 0.257 e. The van der Waals surface area contributed by atoms with E-state index in [0.29, 0.717) is 31.3 Å². The van der Waals surface area contributed by atoms with Crippen molar-refractivity contribution in [1.29, 1.82) is 5.26 Å². The fourth-order valence-electron chi connectivity index (χ4n) is 6.19. The Hall–Kier alpha value is -4.34. The monoisotopic (exact) mass is 619 g/mol. The molecule has 8 heteroatoms. The summed E-state index contributed by atoms with van der Waals surface area (Å²) in [6.07, 6.45) is 5.40. The van der Waals surface area contributed by atoms with Crippen molar-refractivity contribution >= 4 is 23.3 Å². The third kappa shape index (κ3) is 8.44. The maximum atomic E-state index is 14.3. The van der Waals surface area contributed by atoms with Gasteiger partial charge in [0, 0.05) is 20.4 Å². The number of hydrogen-bond acceptors (Lipinski definition) is 4. The van der Waals surface area contributed by atoms with Gasteiger partial charge >= 0.3 is 0 Å². The summed E-state index contributed by atoms with van der Waals surface area (Å²) >= 11 is 0. The molecule has 1 heterocycles. The predicted octanol–water partition coefficient (Wildman–Crippen LogP) is 8.32. The highest BCUT2D eigenvalue weighted by molar-refractivity contribution is 6.06. The van der Waals surface area contributed by atoms with Crippen LogP contribution in [0.4, 0.5) is 14.5 Å². The van der Waals surface area contributed by atoms with Gasteiger partial charge in [0.2, 0.25) is 5.91 Å². The second-order valence-electron chi connectivity index (χ2n) is 12.7. The second-order valence-corrected chi connectivity index (χ2v) is 12.7. The highest BCUT2D eigenvalue weighted by Crippen LogP contribution is 2.45. The molecule has 0 aromatic heterocycles. The largest absolute Gasteiger partial charge is 0.344 e.